The Morgan fingerprint density at radius 3 is 2.52 bits per heavy atom. The van der Waals surface area contributed by atoms with Gasteiger partial charge in [0.05, 0.1) is 0 Å². The van der Waals surface area contributed by atoms with Gasteiger partial charge in [0.15, 0.2) is 6.61 Å². The Morgan fingerprint density at radius 1 is 1.19 bits per heavy atom. The van der Waals surface area contributed by atoms with Gasteiger partial charge in [-0.25, -0.2) is 0 Å². The van der Waals surface area contributed by atoms with E-state index >= 15 is 0 Å². The number of piperazine rings is 1. The normalized spacial score (nSPS) is 20.2. The van der Waals surface area contributed by atoms with Crippen LogP contribution in [0.2, 0.25) is 0 Å². The smallest absolute Gasteiger partial charge is 0.260 e. The number of carbonyl (C=O) groups is 2. The monoisotopic (exact) mass is 374 g/mol. The quantitative estimate of drug-likeness (QED) is 0.794. The van der Waals surface area contributed by atoms with Crippen molar-refractivity contribution < 1.29 is 19.1 Å². The van der Waals surface area contributed by atoms with Crippen LogP contribution < -0.4 is 4.74 Å². The molecule has 2 aliphatic heterocycles. The molecule has 1 aromatic carbocycles. The Labute approximate surface area is 161 Å². The summed E-state index contributed by atoms with van der Waals surface area (Å²) in [5.74, 6) is 1.15. The predicted molar refractivity (Wildman–Crippen MR) is 103 cm³/mol. The van der Waals surface area contributed by atoms with Gasteiger partial charge < -0.3 is 19.3 Å². The second-order valence-corrected chi connectivity index (χ2v) is 7.69. The zero-order valence-corrected chi connectivity index (χ0v) is 16.6. The first-order chi connectivity index (χ1) is 13.0. The lowest BCUT2D eigenvalue weighted by atomic mass is 10.0. The second kappa shape index (κ2) is 8.74. The summed E-state index contributed by atoms with van der Waals surface area (Å²) in [6, 6.07) is 6.12. The van der Waals surface area contributed by atoms with Crippen LogP contribution in [0.4, 0.5) is 0 Å². The van der Waals surface area contributed by atoms with Crippen LogP contribution in [0.15, 0.2) is 18.2 Å². The zero-order valence-electron chi connectivity index (χ0n) is 16.6. The number of hydrogen-bond acceptors (Lipinski definition) is 4. The molecular formula is C21H30N2O4. The molecule has 0 radical (unpaired) electrons. The number of rotatable bonds is 5. The van der Waals surface area contributed by atoms with Crippen LogP contribution in [-0.4, -0.2) is 67.1 Å². The maximum Gasteiger partial charge on any atom is 0.260 e. The second-order valence-electron chi connectivity index (χ2n) is 7.69. The van der Waals surface area contributed by atoms with Crippen molar-refractivity contribution in [2.24, 2.45) is 0 Å². The number of carbonyl (C=O) groups excluding carboxylic acids is 2. The first kappa shape index (κ1) is 19.7. The summed E-state index contributed by atoms with van der Waals surface area (Å²) >= 11 is 0. The minimum atomic E-state index is -0.286. The number of nitrogens with zero attached hydrogens (tertiary/aromatic N) is 2. The van der Waals surface area contributed by atoms with Gasteiger partial charge in [0, 0.05) is 32.8 Å². The van der Waals surface area contributed by atoms with Crippen LogP contribution in [0.25, 0.3) is 0 Å². The van der Waals surface area contributed by atoms with E-state index < -0.39 is 0 Å². The van der Waals surface area contributed by atoms with Crippen molar-refractivity contribution in [3.63, 3.8) is 0 Å². The fourth-order valence-electron chi connectivity index (χ4n) is 3.63. The number of amides is 2. The van der Waals surface area contributed by atoms with Gasteiger partial charge >= 0.3 is 0 Å². The standard InChI is InChI=1S/C21H30N2O4/c1-15(2)17-7-6-16(3)13-19(17)27-14-20(24)22-8-10-23(11-9-22)21(25)18-5-4-12-26-18/h6-7,13,15,18H,4-5,8-12,14H2,1-3H3. The van der Waals surface area contributed by atoms with Crippen LogP contribution in [0.1, 0.15) is 43.7 Å². The van der Waals surface area contributed by atoms with E-state index in [-0.39, 0.29) is 24.5 Å². The highest BCUT2D eigenvalue weighted by Gasteiger charge is 2.31. The number of hydrogen-bond donors (Lipinski definition) is 0. The third kappa shape index (κ3) is 4.80. The molecule has 2 saturated heterocycles. The van der Waals surface area contributed by atoms with Gasteiger partial charge in [0.2, 0.25) is 0 Å². The van der Waals surface area contributed by atoms with E-state index in [9.17, 15) is 9.59 Å². The predicted octanol–water partition coefficient (Wildman–Crippen LogP) is 2.35. The molecule has 0 saturated carbocycles. The Bertz CT molecular complexity index is 675. The minimum Gasteiger partial charge on any atom is -0.483 e. The summed E-state index contributed by atoms with van der Waals surface area (Å²) in [5.41, 5.74) is 2.23. The van der Waals surface area contributed by atoms with E-state index in [2.05, 4.69) is 26.0 Å². The Kier molecular flexibility index (Phi) is 6.37. The van der Waals surface area contributed by atoms with E-state index in [0.717, 1.165) is 29.7 Å². The summed E-state index contributed by atoms with van der Waals surface area (Å²) in [6.07, 6.45) is 1.47. The average Bonchev–Trinajstić information content (AvgIpc) is 3.20. The topological polar surface area (TPSA) is 59.1 Å². The fraction of sp³-hybridized carbons (Fsp3) is 0.619. The first-order valence-electron chi connectivity index (χ1n) is 9.87. The van der Waals surface area contributed by atoms with Crippen molar-refractivity contribution in [3.05, 3.63) is 29.3 Å². The van der Waals surface area contributed by atoms with E-state index in [4.69, 9.17) is 9.47 Å². The van der Waals surface area contributed by atoms with Crippen molar-refractivity contribution in [3.8, 4) is 5.75 Å². The molecule has 1 atom stereocenters. The number of benzene rings is 1. The van der Waals surface area contributed by atoms with E-state index in [0.29, 0.717) is 38.7 Å². The molecule has 6 nitrogen and oxygen atoms in total. The molecule has 2 fully saturated rings. The van der Waals surface area contributed by atoms with E-state index in [1.807, 2.05) is 17.9 Å². The highest BCUT2D eigenvalue weighted by molar-refractivity contribution is 5.82. The molecule has 2 aliphatic rings. The van der Waals surface area contributed by atoms with Crippen LogP contribution >= 0.6 is 0 Å². The third-order valence-corrected chi connectivity index (χ3v) is 5.29. The van der Waals surface area contributed by atoms with Gasteiger partial charge in [-0.3, -0.25) is 9.59 Å². The maximum absolute atomic E-state index is 12.5. The molecule has 0 N–H and O–H groups in total. The molecule has 0 aromatic heterocycles. The molecule has 0 spiro atoms. The summed E-state index contributed by atoms with van der Waals surface area (Å²) in [6.45, 7) is 9.16. The van der Waals surface area contributed by atoms with E-state index in [1.165, 1.54) is 0 Å². The Morgan fingerprint density at radius 2 is 1.89 bits per heavy atom. The minimum absolute atomic E-state index is 0.0306. The van der Waals surface area contributed by atoms with Crippen LogP contribution in [0.3, 0.4) is 0 Å². The molecule has 27 heavy (non-hydrogen) atoms. The van der Waals surface area contributed by atoms with Gasteiger partial charge in [-0.05, 0) is 42.9 Å². The van der Waals surface area contributed by atoms with Crippen LogP contribution in [-0.2, 0) is 14.3 Å². The lowest BCUT2D eigenvalue weighted by molar-refractivity contribution is -0.146. The van der Waals surface area contributed by atoms with Gasteiger partial charge in [-0.2, -0.15) is 0 Å². The highest BCUT2D eigenvalue weighted by atomic mass is 16.5. The zero-order chi connectivity index (χ0) is 19.4. The fourth-order valence-corrected chi connectivity index (χ4v) is 3.63. The molecule has 0 aliphatic carbocycles. The van der Waals surface area contributed by atoms with Crippen molar-refractivity contribution >= 4 is 11.8 Å². The Balaban J connectivity index is 1.50. The van der Waals surface area contributed by atoms with Crippen LogP contribution in [0, 0.1) is 6.92 Å². The summed E-state index contributed by atoms with van der Waals surface area (Å²) in [4.78, 5) is 28.5. The molecule has 0 bridgehead atoms. The molecule has 3 rings (SSSR count). The first-order valence-corrected chi connectivity index (χ1v) is 9.87. The van der Waals surface area contributed by atoms with Gasteiger partial charge in [0.25, 0.3) is 11.8 Å². The lowest BCUT2D eigenvalue weighted by Gasteiger charge is -2.35. The number of aryl methyl sites for hydroxylation is 1. The van der Waals surface area contributed by atoms with Gasteiger partial charge in [0.1, 0.15) is 11.9 Å². The van der Waals surface area contributed by atoms with Gasteiger partial charge in [-0.15, -0.1) is 0 Å². The largest absolute Gasteiger partial charge is 0.483 e. The molecule has 2 heterocycles. The van der Waals surface area contributed by atoms with Gasteiger partial charge in [-0.1, -0.05) is 26.0 Å². The summed E-state index contributed by atoms with van der Waals surface area (Å²) < 4.78 is 11.3. The molecule has 6 heteroatoms. The molecule has 148 valence electrons. The molecule has 1 unspecified atom stereocenters. The molecular weight excluding hydrogens is 344 g/mol. The Hall–Kier alpha value is -2.08. The molecule has 2 amide bonds. The van der Waals surface area contributed by atoms with E-state index in [1.54, 1.807) is 4.90 Å². The van der Waals surface area contributed by atoms with Crippen molar-refractivity contribution in [2.75, 3.05) is 39.4 Å². The number of ether oxygens (including phenoxy) is 2. The summed E-state index contributed by atoms with van der Waals surface area (Å²) in [7, 11) is 0. The van der Waals surface area contributed by atoms with Crippen LogP contribution in [0.5, 0.6) is 5.75 Å². The van der Waals surface area contributed by atoms with Crippen molar-refractivity contribution in [2.45, 2.75) is 45.6 Å². The SMILES string of the molecule is Cc1ccc(C(C)C)c(OCC(=O)N2CCN(C(=O)C3CCCO3)CC2)c1. The van der Waals surface area contributed by atoms with Crippen molar-refractivity contribution in [1.82, 2.24) is 9.80 Å². The third-order valence-electron chi connectivity index (χ3n) is 5.29. The van der Waals surface area contributed by atoms with Crippen molar-refractivity contribution in [1.29, 1.82) is 0 Å². The maximum atomic E-state index is 12.5. The average molecular weight is 374 g/mol. The summed E-state index contributed by atoms with van der Waals surface area (Å²) in [5, 5.41) is 0. The lowest BCUT2D eigenvalue weighted by Crippen LogP contribution is -2.53. The highest BCUT2D eigenvalue weighted by Crippen LogP contribution is 2.27. The molecule has 1 aromatic rings.